The van der Waals surface area contributed by atoms with Crippen molar-refractivity contribution in [2.75, 3.05) is 46.4 Å². The Bertz CT molecular complexity index is 1090. The van der Waals surface area contributed by atoms with E-state index in [1.165, 1.54) is 5.56 Å². The number of rotatable bonds is 13. The Labute approximate surface area is 237 Å². The maximum absolute atomic E-state index is 13.6. The molecule has 2 aromatic carbocycles. The van der Waals surface area contributed by atoms with Gasteiger partial charge in [-0.2, -0.15) is 0 Å². The van der Waals surface area contributed by atoms with Crippen molar-refractivity contribution in [1.82, 2.24) is 20.4 Å². The van der Waals surface area contributed by atoms with Crippen LogP contribution < -0.4 is 10.6 Å². The van der Waals surface area contributed by atoms with Crippen molar-refractivity contribution in [3.8, 4) is 0 Å². The number of benzene rings is 2. The Kier molecular flexibility index (Phi) is 10.9. The number of nitrogens with zero attached hydrogens (tertiary/aromatic N) is 2. The van der Waals surface area contributed by atoms with E-state index in [2.05, 4.69) is 39.8 Å². The SMILES string of the molecule is COCCN1C(=O)[C@H](CCCCNC(=O)OCc2ccccc2)NC(=O)C12CCN(CCc1ccccc1)CC2. The average Bonchev–Trinajstić information content (AvgIpc) is 2.99. The van der Waals surface area contributed by atoms with E-state index in [9.17, 15) is 14.4 Å². The molecule has 1 atom stereocenters. The molecular weight excluding hydrogens is 508 g/mol. The molecule has 40 heavy (non-hydrogen) atoms. The lowest BCUT2D eigenvalue weighted by atomic mass is 9.81. The van der Waals surface area contributed by atoms with Gasteiger partial charge in [0.25, 0.3) is 0 Å². The normalized spacial score (nSPS) is 18.9. The van der Waals surface area contributed by atoms with Crippen LogP contribution in [0.1, 0.15) is 43.2 Å². The molecule has 2 saturated heterocycles. The molecule has 0 saturated carbocycles. The highest BCUT2D eigenvalue weighted by Gasteiger charge is 2.53. The van der Waals surface area contributed by atoms with Crippen LogP contribution in [0.15, 0.2) is 60.7 Å². The summed E-state index contributed by atoms with van der Waals surface area (Å²) in [4.78, 5) is 43.2. The summed E-state index contributed by atoms with van der Waals surface area (Å²) in [6.07, 6.45) is 3.62. The van der Waals surface area contributed by atoms with E-state index in [0.29, 0.717) is 51.8 Å². The van der Waals surface area contributed by atoms with Crippen LogP contribution in [0.4, 0.5) is 4.79 Å². The lowest BCUT2D eigenvalue weighted by molar-refractivity contribution is -0.162. The molecule has 2 aliphatic rings. The predicted octanol–water partition coefficient (Wildman–Crippen LogP) is 3.13. The topological polar surface area (TPSA) is 100 Å². The van der Waals surface area contributed by atoms with Crippen molar-refractivity contribution in [3.05, 3.63) is 71.8 Å². The summed E-state index contributed by atoms with van der Waals surface area (Å²) in [5, 5.41) is 5.80. The van der Waals surface area contributed by atoms with E-state index >= 15 is 0 Å². The third kappa shape index (κ3) is 7.82. The number of amides is 3. The number of nitrogens with one attached hydrogen (secondary N) is 2. The van der Waals surface area contributed by atoms with Crippen LogP contribution in [0.25, 0.3) is 0 Å². The Balaban J connectivity index is 1.23. The fourth-order valence-electron chi connectivity index (χ4n) is 5.59. The number of hydrogen-bond acceptors (Lipinski definition) is 6. The van der Waals surface area contributed by atoms with Crippen molar-refractivity contribution < 1.29 is 23.9 Å². The number of likely N-dealkylation sites (tertiary alicyclic amines) is 1. The van der Waals surface area contributed by atoms with Crippen molar-refractivity contribution in [2.45, 2.75) is 56.7 Å². The number of carbonyl (C=O) groups is 3. The molecule has 0 bridgehead atoms. The largest absolute Gasteiger partial charge is 0.445 e. The number of ether oxygens (including phenoxy) is 2. The molecule has 2 aliphatic heterocycles. The third-order valence-electron chi connectivity index (χ3n) is 7.97. The van der Waals surface area contributed by atoms with Crippen molar-refractivity contribution in [3.63, 3.8) is 0 Å². The molecule has 2 N–H and O–H groups in total. The average molecular weight is 551 g/mol. The van der Waals surface area contributed by atoms with Gasteiger partial charge in [0.2, 0.25) is 11.8 Å². The zero-order valence-electron chi connectivity index (χ0n) is 23.5. The fraction of sp³-hybridized carbons (Fsp3) is 0.516. The minimum Gasteiger partial charge on any atom is -0.445 e. The first-order valence-corrected chi connectivity index (χ1v) is 14.3. The Hall–Kier alpha value is -3.43. The van der Waals surface area contributed by atoms with Crippen LogP contribution in [0.3, 0.4) is 0 Å². The van der Waals surface area contributed by atoms with E-state index in [-0.39, 0.29) is 18.4 Å². The standard InChI is InChI=1S/C31H42N4O5/c1-39-23-22-35-28(36)27(14-8-9-18-32-30(38)40-24-26-12-6-3-7-13-26)33-29(37)31(35)16-20-34(21-17-31)19-15-25-10-4-2-5-11-25/h2-7,10-13,27H,8-9,14-24H2,1H3,(H,32,38)(H,33,37)/t27-/m0/s1. The molecule has 2 aromatic rings. The zero-order valence-corrected chi connectivity index (χ0v) is 23.5. The van der Waals surface area contributed by atoms with Gasteiger partial charge in [0.1, 0.15) is 18.2 Å². The minimum atomic E-state index is -0.820. The molecule has 216 valence electrons. The zero-order chi connectivity index (χ0) is 28.2. The van der Waals surface area contributed by atoms with E-state index in [0.717, 1.165) is 31.6 Å². The summed E-state index contributed by atoms with van der Waals surface area (Å²) in [7, 11) is 1.61. The molecule has 9 heteroatoms. The summed E-state index contributed by atoms with van der Waals surface area (Å²) in [6, 6.07) is 19.4. The number of piperazine rings is 1. The van der Waals surface area contributed by atoms with Gasteiger partial charge in [0.05, 0.1) is 6.61 Å². The Morgan fingerprint density at radius 3 is 2.33 bits per heavy atom. The van der Waals surface area contributed by atoms with Crippen LogP contribution in [-0.4, -0.2) is 85.7 Å². The second kappa shape index (κ2) is 14.8. The number of unbranched alkanes of at least 4 members (excludes halogenated alkanes) is 1. The van der Waals surface area contributed by atoms with Gasteiger partial charge in [-0.25, -0.2) is 4.79 Å². The molecule has 0 aliphatic carbocycles. The van der Waals surface area contributed by atoms with Gasteiger partial charge in [-0.05, 0) is 49.7 Å². The van der Waals surface area contributed by atoms with Crippen LogP contribution in [-0.2, 0) is 32.1 Å². The van der Waals surface area contributed by atoms with Gasteiger partial charge in [-0.15, -0.1) is 0 Å². The van der Waals surface area contributed by atoms with Crippen LogP contribution in [0, 0.1) is 0 Å². The van der Waals surface area contributed by atoms with Gasteiger partial charge in [0.15, 0.2) is 0 Å². The maximum Gasteiger partial charge on any atom is 0.407 e. The molecule has 0 unspecified atom stereocenters. The van der Waals surface area contributed by atoms with E-state index in [4.69, 9.17) is 9.47 Å². The van der Waals surface area contributed by atoms with Gasteiger partial charge >= 0.3 is 6.09 Å². The summed E-state index contributed by atoms with van der Waals surface area (Å²) in [5.74, 6) is -0.0943. The maximum atomic E-state index is 13.6. The van der Waals surface area contributed by atoms with Gasteiger partial charge in [-0.1, -0.05) is 60.7 Å². The molecular formula is C31H42N4O5. The first kappa shape index (κ1) is 29.6. The minimum absolute atomic E-state index is 0.0374. The van der Waals surface area contributed by atoms with Crippen LogP contribution >= 0.6 is 0 Å². The van der Waals surface area contributed by atoms with E-state index in [1.54, 1.807) is 12.0 Å². The Morgan fingerprint density at radius 2 is 1.65 bits per heavy atom. The monoisotopic (exact) mass is 550 g/mol. The molecule has 1 spiro atoms. The number of piperidine rings is 1. The summed E-state index contributed by atoms with van der Waals surface area (Å²) < 4.78 is 10.5. The first-order valence-electron chi connectivity index (χ1n) is 14.3. The second-order valence-electron chi connectivity index (χ2n) is 10.6. The quantitative estimate of drug-likeness (QED) is 0.372. The summed E-state index contributed by atoms with van der Waals surface area (Å²) in [5.41, 5.74) is 1.41. The van der Waals surface area contributed by atoms with Gasteiger partial charge in [0, 0.05) is 39.8 Å². The van der Waals surface area contributed by atoms with E-state index in [1.807, 2.05) is 36.4 Å². The second-order valence-corrected chi connectivity index (χ2v) is 10.6. The first-order chi connectivity index (χ1) is 19.5. The highest BCUT2D eigenvalue weighted by molar-refractivity contribution is 6.00. The molecule has 3 amide bonds. The number of carbonyl (C=O) groups excluding carboxylic acids is 3. The van der Waals surface area contributed by atoms with Crippen molar-refractivity contribution in [1.29, 1.82) is 0 Å². The van der Waals surface area contributed by atoms with Crippen LogP contribution in [0.2, 0.25) is 0 Å². The van der Waals surface area contributed by atoms with Gasteiger partial charge < -0.3 is 29.9 Å². The summed E-state index contributed by atoms with van der Waals surface area (Å²) in [6.45, 7) is 3.93. The van der Waals surface area contributed by atoms with Crippen molar-refractivity contribution >= 4 is 17.9 Å². The highest BCUT2D eigenvalue weighted by atomic mass is 16.5. The Morgan fingerprint density at radius 1 is 0.975 bits per heavy atom. The van der Waals surface area contributed by atoms with Gasteiger partial charge in [-0.3, -0.25) is 9.59 Å². The van der Waals surface area contributed by atoms with Crippen molar-refractivity contribution in [2.24, 2.45) is 0 Å². The lowest BCUT2D eigenvalue weighted by Gasteiger charge is -2.51. The van der Waals surface area contributed by atoms with Crippen LogP contribution in [0.5, 0.6) is 0 Å². The lowest BCUT2D eigenvalue weighted by Crippen LogP contribution is -2.73. The summed E-state index contributed by atoms with van der Waals surface area (Å²) >= 11 is 0. The number of alkyl carbamates (subject to hydrolysis) is 1. The number of methoxy groups -OCH3 is 1. The third-order valence-corrected chi connectivity index (χ3v) is 7.97. The highest BCUT2D eigenvalue weighted by Crippen LogP contribution is 2.33. The smallest absolute Gasteiger partial charge is 0.407 e. The molecule has 2 fully saturated rings. The molecule has 2 heterocycles. The molecule has 0 radical (unpaired) electrons. The molecule has 9 nitrogen and oxygen atoms in total. The fourth-order valence-corrected chi connectivity index (χ4v) is 5.59. The predicted molar refractivity (Wildman–Crippen MR) is 153 cm³/mol. The van der Waals surface area contributed by atoms with E-state index < -0.39 is 17.7 Å². The molecule has 0 aromatic heterocycles. The molecule has 4 rings (SSSR count). The number of hydrogen-bond donors (Lipinski definition) is 2.